The Morgan fingerprint density at radius 1 is 1.31 bits per heavy atom. The highest BCUT2D eigenvalue weighted by molar-refractivity contribution is 8.14. The van der Waals surface area contributed by atoms with Crippen LogP contribution in [0.15, 0.2) is 23.2 Å². The van der Waals surface area contributed by atoms with Crippen molar-refractivity contribution in [1.82, 2.24) is 4.90 Å². The van der Waals surface area contributed by atoms with Crippen LogP contribution in [0, 0.1) is 5.82 Å². The average Bonchev–Trinajstić information content (AvgIpc) is 2.80. The highest BCUT2D eigenvalue weighted by Gasteiger charge is 2.36. The second kappa shape index (κ2) is 8.61. The molecule has 4 nitrogen and oxygen atoms in total. The summed E-state index contributed by atoms with van der Waals surface area (Å²) in [5.41, 5.74) is 0.221. The maximum Gasteiger partial charge on any atom is 0.225 e. The Kier molecular flexibility index (Phi) is 6.46. The van der Waals surface area contributed by atoms with Crippen LogP contribution in [0.4, 0.5) is 10.1 Å². The van der Waals surface area contributed by atoms with Gasteiger partial charge in [0.1, 0.15) is 12.0 Å². The molecule has 3 rings (SSSR count). The lowest BCUT2D eigenvalue weighted by Crippen LogP contribution is -2.48. The SMILES string of the molecule is CC(=O)N(c1cc(Cl)ccc1F)C1CSC(=NC2CCCCCC2)N1C. The number of anilines is 1. The average molecular weight is 398 g/mol. The normalized spacial score (nSPS) is 23.3. The number of rotatable bonds is 3. The van der Waals surface area contributed by atoms with Gasteiger partial charge in [-0.2, -0.15) is 0 Å². The molecule has 26 heavy (non-hydrogen) atoms. The molecule has 1 saturated carbocycles. The highest BCUT2D eigenvalue weighted by atomic mass is 35.5. The third-order valence-electron chi connectivity index (χ3n) is 5.03. The van der Waals surface area contributed by atoms with E-state index in [2.05, 4.69) is 0 Å². The molecule has 7 heteroatoms. The van der Waals surface area contributed by atoms with Gasteiger partial charge in [0.25, 0.3) is 0 Å². The molecule has 0 aromatic heterocycles. The first-order valence-corrected chi connectivity index (χ1v) is 10.5. The van der Waals surface area contributed by atoms with Crippen LogP contribution in [0.1, 0.15) is 45.4 Å². The predicted molar refractivity (Wildman–Crippen MR) is 108 cm³/mol. The fourth-order valence-corrected chi connectivity index (χ4v) is 5.01. The Morgan fingerprint density at radius 2 is 2.00 bits per heavy atom. The van der Waals surface area contributed by atoms with E-state index in [0.29, 0.717) is 16.8 Å². The summed E-state index contributed by atoms with van der Waals surface area (Å²) in [4.78, 5) is 20.8. The van der Waals surface area contributed by atoms with Crippen LogP contribution in [0.5, 0.6) is 0 Å². The Morgan fingerprint density at radius 3 is 2.65 bits per heavy atom. The summed E-state index contributed by atoms with van der Waals surface area (Å²) < 4.78 is 14.4. The number of amides is 1. The van der Waals surface area contributed by atoms with Gasteiger partial charge in [-0.1, -0.05) is 49.0 Å². The van der Waals surface area contributed by atoms with E-state index in [-0.39, 0.29) is 17.8 Å². The molecule has 1 aromatic carbocycles. The minimum absolute atomic E-state index is 0.209. The van der Waals surface area contributed by atoms with Crippen LogP contribution in [-0.4, -0.2) is 41.0 Å². The number of hydrogen-bond acceptors (Lipinski definition) is 3. The van der Waals surface area contributed by atoms with Crippen molar-refractivity contribution in [2.24, 2.45) is 4.99 Å². The number of benzene rings is 1. The number of hydrogen-bond donors (Lipinski definition) is 0. The smallest absolute Gasteiger partial charge is 0.225 e. The molecular formula is C19H25ClFN3OS. The molecule has 1 aliphatic heterocycles. The second-order valence-electron chi connectivity index (χ2n) is 6.94. The van der Waals surface area contributed by atoms with Crippen LogP contribution in [0.25, 0.3) is 0 Å². The van der Waals surface area contributed by atoms with Crippen molar-refractivity contribution in [2.75, 3.05) is 17.7 Å². The van der Waals surface area contributed by atoms with Crippen LogP contribution in [0.2, 0.25) is 5.02 Å². The summed E-state index contributed by atoms with van der Waals surface area (Å²) in [6.45, 7) is 1.46. The number of amidine groups is 1. The zero-order valence-corrected chi connectivity index (χ0v) is 16.8. The predicted octanol–water partition coefficient (Wildman–Crippen LogP) is 4.92. The zero-order valence-electron chi connectivity index (χ0n) is 15.3. The van der Waals surface area contributed by atoms with Crippen molar-refractivity contribution in [3.8, 4) is 0 Å². The van der Waals surface area contributed by atoms with Gasteiger partial charge in [0.2, 0.25) is 5.91 Å². The fourth-order valence-electron chi connectivity index (χ4n) is 3.62. The molecule has 1 amide bonds. The van der Waals surface area contributed by atoms with E-state index in [9.17, 15) is 9.18 Å². The maximum absolute atomic E-state index is 14.4. The van der Waals surface area contributed by atoms with E-state index in [1.165, 1.54) is 55.7 Å². The summed E-state index contributed by atoms with van der Waals surface area (Å²) in [7, 11) is 1.93. The highest BCUT2D eigenvalue weighted by Crippen LogP contribution is 2.33. The van der Waals surface area contributed by atoms with Gasteiger partial charge in [-0.25, -0.2) is 4.39 Å². The second-order valence-corrected chi connectivity index (χ2v) is 8.37. The summed E-state index contributed by atoms with van der Waals surface area (Å²) >= 11 is 7.67. The van der Waals surface area contributed by atoms with Crippen LogP contribution in [-0.2, 0) is 4.79 Å². The molecule has 0 N–H and O–H groups in total. The van der Waals surface area contributed by atoms with Gasteiger partial charge in [0, 0.05) is 24.7 Å². The van der Waals surface area contributed by atoms with Gasteiger partial charge in [-0.05, 0) is 31.0 Å². The lowest BCUT2D eigenvalue weighted by molar-refractivity contribution is -0.117. The van der Waals surface area contributed by atoms with Crippen molar-refractivity contribution >= 4 is 40.1 Å². The third kappa shape index (κ3) is 4.34. The topological polar surface area (TPSA) is 35.9 Å². The molecule has 1 unspecified atom stereocenters. The minimum Gasteiger partial charge on any atom is -0.333 e. The number of carbonyl (C=O) groups excluding carboxylic acids is 1. The Bertz CT molecular complexity index is 691. The van der Waals surface area contributed by atoms with E-state index < -0.39 is 5.82 Å². The van der Waals surface area contributed by atoms with E-state index in [0.717, 1.165) is 18.0 Å². The van der Waals surface area contributed by atoms with Gasteiger partial charge in [0.15, 0.2) is 5.17 Å². The number of carbonyl (C=O) groups is 1. The first-order chi connectivity index (χ1) is 12.5. The van der Waals surface area contributed by atoms with Gasteiger partial charge < -0.3 is 4.90 Å². The standard InChI is InChI=1S/C19H25ClFN3OS/c1-13(25)24(17-11-14(20)9-10-16(17)21)18-12-26-19(23(18)2)22-15-7-5-3-4-6-8-15/h9-11,15,18H,3-8,12H2,1-2H3. The van der Waals surface area contributed by atoms with E-state index in [4.69, 9.17) is 16.6 Å². The lowest BCUT2D eigenvalue weighted by atomic mass is 10.1. The number of nitrogens with zero attached hydrogens (tertiary/aromatic N) is 3. The quantitative estimate of drug-likeness (QED) is 0.679. The fraction of sp³-hybridized carbons (Fsp3) is 0.579. The maximum atomic E-state index is 14.4. The van der Waals surface area contributed by atoms with Gasteiger partial charge in [0.05, 0.1) is 11.7 Å². The molecule has 2 aliphatic rings. The molecule has 2 fully saturated rings. The molecular weight excluding hydrogens is 373 g/mol. The molecule has 142 valence electrons. The number of aliphatic imine (C=N–C) groups is 1. The van der Waals surface area contributed by atoms with Crippen LogP contribution < -0.4 is 4.90 Å². The van der Waals surface area contributed by atoms with Crippen LogP contribution >= 0.6 is 23.4 Å². The molecule has 1 atom stereocenters. The minimum atomic E-state index is -0.447. The molecule has 0 bridgehead atoms. The van der Waals surface area contributed by atoms with Gasteiger partial charge >= 0.3 is 0 Å². The monoisotopic (exact) mass is 397 g/mol. The first-order valence-electron chi connectivity index (χ1n) is 9.15. The van der Waals surface area contributed by atoms with Crippen LogP contribution in [0.3, 0.4) is 0 Å². The van der Waals surface area contributed by atoms with Crippen molar-refractivity contribution in [3.05, 3.63) is 29.0 Å². The van der Waals surface area contributed by atoms with Crippen molar-refractivity contribution in [2.45, 2.75) is 57.7 Å². The Hall–Kier alpha value is -1.27. The number of thioether (sulfide) groups is 1. The summed E-state index contributed by atoms with van der Waals surface area (Å²) in [5.74, 6) is 0.00428. The zero-order chi connectivity index (χ0) is 18.7. The van der Waals surface area contributed by atoms with E-state index in [1.807, 2.05) is 11.9 Å². The molecule has 1 aliphatic carbocycles. The molecule has 0 radical (unpaired) electrons. The molecule has 1 heterocycles. The van der Waals surface area contributed by atoms with Gasteiger partial charge in [-0.15, -0.1) is 0 Å². The van der Waals surface area contributed by atoms with Crippen molar-refractivity contribution in [1.29, 1.82) is 0 Å². The van der Waals surface area contributed by atoms with Crippen molar-refractivity contribution < 1.29 is 9.18 Å². The van der Waals surface area contributed by atoms with Crippen molar-refractivity contribution in [3.63, 3.8) is 0 Å². The van der Waals surface area contributed by atoms with E-state index >= 15 is 0 Å². The molecule has 0 spiro atoms. The summed E-state index contributed by atoms with van der Waals surface area (Å²) in [5, 5.41) is 1.35. The molecule has 1 aromatic rings. The van der Waals surface area contributed by atoms with E-state index in [1.54, 1.807) is 11.8 Å². The Labute approximate surface area is 163 Å². The number of halogens is 2. The third-order valence-corrected chi connectivity index (χ3v) is 6.38. The van der Waals surface area contributed by atoms with Gasteiger partial charge in [-0.3, -0.25) is 14.7 Å². The summed E-state index contributed by atoms with van der Waals surface area (Å²) in [6.07, 6.45) is 7.02. The Balaban J connectivity index is 1.83. The first kappa shape index (κ1) is 19.5. The molecule has 1 saturated heterocycles. The largest absolute Gasteiger partial charge is 0.333 e. The lowest BCUT2D eigenvalue weighted by Gasteiger charge is -2.33. The summed E-state index contributed by atoms with van der Waals surface area (Å²) in [6, 6.07) is 4.66.